The van der Waals surface area contributed by atoms with Crippen LogP contribution in [-0.4, -0.2) is 45.5 Å². The predicted octanol–water partition coefficient (Wildman–Crippen LogP) is 5.82. The Balaban J connectivity index is 1.63. The molecule has 0 radical (unpaired) electrons. The number of aromatic nitrogens is 1. The Morgan fingerprint density at radius 2 is 1.51 bits per heavy atom. The van der Waals surface area contributed by atoms with E-state index in [1.54, 1.807) is 44.6 Å². The van der Waals surface area contributed by atoms with Crippen LogP contribution < -0.4 is 18.9 Å². The van der Waals surface area contributed by atoms with Crippen LogP contribution in [0.4, 0.5) is 0 Å². The lowest BCUT2D eigenvalue weighted by Gasteiger charge is -2.15. The molecule has 7 nitrogen and oxygen atoms in total. The zero-order chi connectivity index (χ0) is 24.8. The third kappa shape index (κ3) is 5.25. The number of hydrogen-bond donors (Lipinski definition) is 0. The third-order valence-electron chi connectivity index (χ3n) is 5.31. The first-order chi connectivity index (χ1) is 17.0. The highest BCUT2D eigenvalue weighted by Crippen LogP contribution is 2.41. The van der Waals surface area contributed by atoms with Crippen molar-refractivity contribution in [1.29, 1.82) is 0 Å². The minimum Gasteiger partial charge on any atom is -0.493 e. The van der Waals surface area contributed by atoms with Crippen LogP contribution in [0.3, 0.4) is 0 Å². The first-order valence-corrected chi connectivity index (χ1v) is 11.2. The highest BCUT2D eigenvalue weighted by molar-refractivity contribution is 6.32. The molecule has 0 N–H and O–H groups in total. The molecule has 0 aliphatic heterocycles. The number of methoxy groups -OCH3 is 3. The first-order valence-electron chi connectivity index (χ1n) is 10.8. The molecule has 0 fully saturated rings. The van der Waals surface area contributed by atoms with Crippen LogP contribution >= 0.6 is 11.6 Å². The van der Waals surface area contributed by atoms with Crippen LogP contribution in [0.15, 0.2) is 66.7 Å². The Morgan fingerprint density at radius 1 is 0.829 bits per heavy atom. The molecule has 0 atom stereocenters. The summed E-state index contributed by atoms with van der Waals surface area (Å²) in [6.45, 7) is 0.221. The average Bonchev–Trinajstić information content (AvgIpc) is 2.90. The molecule has 0 aliphatic carbocycles. The van der Waals surface area contributed by atoms with Crippen molar-refractivity contribution in [3.8, 4) is 34.3 Å². The van der Waals surface area contributed by atoms with Crippen LogP contribution in [0.1, 0.15) is 10.4 Å². The van der Waals surface area contributed by atoms with Crippen molar-refractivity contribution < 1.29 is 28.5 Å². The van der Waals surface area contributed by atoms with Gasteiger partial charge in [0.25, 0.3) is 0 Å². The predicted molar refractivity (Wildman–Crippen MR) is 134 cm³/mol. The van der Waals surface area contributed by atoms with Crippen LogP contribution in [0.25, 0.3) is 22.2 Å². The maximum atomic E-state index is 13.1. The fourth-order valence-electron chi connectivity index (χ4n) is 3.65. The topological polar surface area (TPSA) is 76.1 Å². The van der Waals surface area contributed by atoms with E-state index in [9.17, 15) is 4.79 Å². The Hall–Kier alpha value is -3.97. The van der Waals surface area contributed by atoms with Crippen LogP contribution in [0.2, 0.25) is 5.02 Å². The van der Waals surface area contributed by atoms with Crippen molar-refractivity contribution in [1.82, 2.24) is 4.98 Å². The summed E-state index contributed by atoms with van der Waals surface area (Å²) in [4.78, 5) is 17.8. The van der Waals surface area contributed by atoms with Crippen LogP contribution in [0, 0.1) is 0 Å². The fraction of sp³-hybridized carbons (Fsp3) is 0.185. The number of nitrogens with zero attached hydrogens (tertiary/aromatic N) is 1. The number of halogens is 1. The van der Waals surface area contributed by atoms with Gasteiger partial charge in [0, 0.05) is 10.9 Å². The molecule has 8 heteroatoms. The minimum absolute atomic E-state index is 0.0558. The Labute approximate surface area is 208 Å². The van der Waals surface area contributed by atoms with Gasteiger partial charge in [0.2, 0.25) is 5.75 Å². The van der Waals surface area contributed by atoms with E-state index in [1.807, 2.05) is 36.4 Å². The van der Waals surface area contributed by atoms with Crippen LogP contribution in [-0.2, 0) is 4.74 Å². The molecule has 0 saturated heterocycles. The second-order valence-corrected chi connectivity index (χ2v) is 7.81. The van der Waals surface area contributed by atoms with E-state index in [0.29, 0.717) is 55.7 Å². The number of rotatable bonds is 9. The van der Waals surface area contributed by atoms with E-state index in [4.69, 9.17) is 40.3 Å². The van der Waals surface area contributed by atoms with Gasteiger partial charge in [0.05, 0.1) is 43.1 Å². The number of carbonyl (C=O) groups excluding carboxylic acids is 1. The summed E-state index contributed by atoms with van der Waals surface area (Å²) in [7, 11) is 4.63. The SMILES string of the molecule is COc1cc(-c2cc(C(=O)OCCOc3ccccc3Cl)c3ccccc3n2)cc(OC)c1OC. The third-order valence-corrected chi connectivity index (χ3v) is 5.62. The normalized spacial score (nSPS) is 10.6. The highest BCUT2D eigenvalue weighted by atomic mass is 35.5. The summed E-state index contributed by atoms with van der Waals surface area (Å²) >= 11 is 6.10. The van der Waals surface area contributed by atoms with Crippen molar-refractivity contribution in [2.75, 3.05) is 34.5 Å². The van der Waals surface area contributed by atoms with Crippen molar-refractivity contribution in [2.24, 2.45) is 0 Å². The molecule has 180 valence electrons. The Kier molecular flexibility index (Phi) is 7.57. The van der Waals surface area contributed by atoms with Crippen molar-refractivity contribution in [3.05, 3.63) is 77.3 Å². The Bertz CT molecular complexity index is 1330. The summed E-state index contributed by atoms with van der Waals surface area (Å²) in [6.07, 6.45) is 0. The number of benzene rings is 3. The number of carbonyl (C=O) groups is 1. The largest absolute Gasteiger partial charge is 0.493 e. The second-order valence-electron chi connectivity index (χ2n) is 7.40. The van der Waals surface area contributed by atoms with Gasteiger partial charge in [0.15, 0.2) is 11.5 Å². The number of fused-ring (bicyclic) bond motifs is 1. The number of hydrogen-bond acceptors (Lipinski definition) is 7. The lowest BCUT2D eigenvalue weighted by Crippen LogP contribution is -2.13. The molecule has 0 aliphatic rings. The Morgan fingerprint density at radius 3 is 2.20 bits per heavy atom. The van der Waals surface area contributed by atoms with Crippen molar-refractivity contribution >= 4 is 28.5 Å². The molecule has 3 aromatic carbocycles. The summed E-state index contributed by atoms with van der Waals surface area (Å²) in [6, 6.07) is 19.8. The molecular formula is C27H24ClNO6. The number of esters is 1. The van der Waals surface area contributed by atoms with Gasteiger partial charge in [0.1, 0.15) is 19.0 Å². The fourth-order valence-corrected chi connectivity index (χ4v) is 3.84. The molecule has 0 spiro atoms. The molecular weight excluding hydrogens is 470 g/mol. The van der Waals surface area contributed by atoms with Crippen LogP contribution in [0.5, 0.6) is 23.0 Å². The van der Waals surface area contributed by atoms with E-state index < -0.39 is 5.97 Å². The molecule has 35 heavy (non-hydrogen) atoms. The van der Waals surface area contributed by atoms with E-state index in [0.717, 1.165) is 0 Å². The first kappa shape index (κ1) is 24.2. The van der Waals surface area contributed by atoms with E-state index in [-0.39, 0.29) is 13.2 Å². The second kappa shape index (κ2) is 11.0. The van der Waals surface area contributed by atoms with Gasteiger partial charge in [-0.2, -0.15) is 0 Å². The molecule has 0 amide bonds. The molecule has 0 saturated carbocycles. The zero-order valence-electron chi connectivity index (χ0n) is 19.5. The molecule has 0 bridgehead atoms. The smallest absolute Gasteiger partial charge is 0.339 e. The van der Waals surface area contributed by atoms with Gasteiger partial charge in [-0.3, -0.25) is 0 Å². The molecule has 0 unspecified atom stereocenters. The number of pyridine rings is 1. The van der Waals surface area contributed by atoms with E-state index >= 15 is 0 Å². The molecule has 1 heterocycles. The lowest BCUT2D eigenvalue weighted by atomic mass is 10.0. The number of para-hydroxylation sites is 2. The van der Waals surface area contributed by atoms with Gasteiger partial charge < -0.3 is 23.7 Å². The highest BCUT2D eigenvalue weighted by Gasteiger charge is 2.19. The van der Waals surface area contributed by atoms with Crippen molar-refractivity contribution in [3.63, 3.8) is 0 Å². The zero-order valence-corrected chi connectivity index (χ0v) is 20.3. The van der Waals surface area contributed by atoms with Gasteiger partial charge in [-0.25, -0.2) is 9.78 Å². The maximum absolute atomic E-state index is 13.1. The van der Waals surface area contributed by atoms with Gasteiger partial charge in [-0.05, 0) is 36.4 Å². The summed E-state index contributed by atoms with van der Waals surface area (Å²) in [5.74, 6) is 1.48. The quantitative estimate of drug-likeness (QED) is 0.215. The van der Waals surface area contributed by atoms with E-state index in [1.165, 1.54) is 7.11 Å². The van der Waals surface area contributed by atoms with E-state index in [2.05, 4.69) is 0 Å². The minimum atomic E-state index is -0.486. The molecule has 1 aromatic heterocycles. The monoisotopic (exact) mass is 493 g/mol. The molecule has 4 aromatic rings. The summed E-state index contributed by atoms with van der Waals surface area (Å²) < 4.78 is 27.5. The maximum Gasteiger partial charge on any atom is 0.339 e. The number of ether oxygens (including phenoxy) is 5. The van der Waals surface area contributed by atoms with Crippen molar-refractivity contribution in [2.45, 2.75) is 0 Å². The van der Waals surface area contributed by atoms with Gasteiger partial charge >= 0.3 is 5.97 Å². The summed E-state index contributed by atoms with van der Waals surface area (Å²) in [5.41, 5.74) is 2.29. The lowest BCUT2D eigenvalue weighted by molar-refractivity contribution is 0.0453. The average molecular weight is 494 g/mol. The molecule has 4 rings (SSSR count). The van der Waals surface area contributed by atoms with Gasteiger partial charge in [-0.15, -0.1) is 0 Å². The standard InChI is InChI=1S/C27H24ClNO6/c1-31-24-14-17(15-25(32-2)26(24)33-3)22-16-19(18-8-4-6-10-21(18)29-22)27(30)35-13-12-34-23-11-7-5-9-20(23)28/h4-11,14-16H,12-13H2,1-3H3. The summed E-state index contributed by atoms with van der Waals surface area (Å²) in [5, 5.41) is 1.18. The van der Waals surface area contributed by atoms with Gasteiger partial charge in [-0.1, -0.05) is 41.9 Å².